The summed E-state index contributed by atoms with van der Waals surface area (Å²) in [5.41, 5.74) is 0.939. The van der Waals surface area contributed by atoms with Crippen molar-refractivity contribution in [2.75, 3.05) is 13.7 Å². The first kappa shape index (κ1) is 14.0. The number of benzene rings is 1. The first-order chi connectivity index (χ1) is 9.72. The molecule has 1 N–H and O–H groups in total. The number of hydrogen-bond acceptors (Lipinski definition) is 3. The molecule has 0 aliphatic heterocycles. The molecule has 2 rings (SSSR count). The van der Waals surface area contributed by atoms with Crippen LogP contribution >= 0.6 is 0 Å². The number of aromatic nitrogens is 1. The van der Waals surface area contributed by atoms with Crippen LogP contribution in [0.2, 0.25) is 0 Å². The van der Waals surface area contributed by atoms with E-state index in [1.807, 2.05) is 24.3 Å². The summed E-state index contributed by atoms with van der Waals surface area (Å²) in [6.45, 7) is 0.396. The van der Waals surface area contributed by atoms with Gasteiger partial charge in [0.2, 0.25) is 5.95 Å². The maximum absolute atomic E-state index is 13.3. The Kier molecular flexibility index (Phi) is 4.65. The monoisotopic (exact) mass is 274 g/mol. The summed E-state index contributed by atoms with van der Waals surface area (Å²) in [7, 11) is 1.60. The third-order valence-electron chi connectivity index (χ3n) is 2.88. The maximum atomic E-state index is 13.3. The van der Waals surface area contributed by atoms with Gasteiger partial charge in [-0.1, -0.05) is 18.2 Å². The molecule has 0 unspecified atom stereocenters. The van der Waals surface area contributed by atoms with Crippen molar-refractivity contribution < 1.29 is 13.9 Å². The molecule has 1 aromatic heterocycles. The molecular weight excluding hydrogens is 259 g/mol. The fourth-order valence-electron chi connectivity index (χ4n) is 1.87. The SMILES string of the molecule is COc1ccccc1CCNC(=O)c1cccnc1F. The minimum absolute atomic E-state index is 0.0486. The molecule has 4 nitrogen and oxygen atoms in total. The smallest absolute Gasteiger partial charge is 0.255 e. The van der Waals surface area contributed by atoms with Crippen molar-refractivity contribution >= 4 is 5.91 Å². The van der Waals surface area contributed by atoms with Crippen LogP contribution in [0.5, 0.6) is 5.75 Å². The summed E-state index contributed by atoms with van der Waals surface area (Å²) in [5, 5.41) is 2.67. The van der Waals surface area contributed by atoms with E-state index in [0.717, 1.165) is 11.3 Å². The van der Waals surface area contributed by atoms with Crippen LogP contribution in [-0.2, 0) is 6.42 Å². The number of rotatable bonds is 5. The van der Waals surface area contributed by atoms with Gasteiger partial charge in [-0.3, -0.25) is 4.79 Å². The van der Waals surface area contributed by atoms with Crippen LogP contribution in [-0.4, -0.2) is 24.5 Å². The molecule has 0 fully saturated rings. The first-order valence-electron chi connectivity index (χ1n) is 6.23. The van der Waals surface area contributed by atoms with E-state index in [4.69, 9.17) is 4.74 Å². The minimum Gasteiger partial charge on any atom is -0.496 e. The lowest BCUT2D eigenvalue weighted by molar-refractivity contribution is 0.0949. The number of pyridine rings is 1. The van der Waals surface area contributed by atoms with E-state index in [9.17, 15) is 9.18 Å². The van der Waals surface area contributed by atoms with Gasteiger partial charge in [0.1, 0.15) is 5.75 Å². The molecule has 0 spiro atoms. The molecule has 1 heterocycles. The molecular formula is C15H15FN2O2. The van der Waals surface area contributed by atoms with Gasteiger partial charge in [-0.05, 0) is 30.2 Å². The van der Waals surface area contributed by atoms with Crippen molar-refractivity contribution in [3.05, 3.63) is 59.7 Å². The number of nitrogens with zero attached hydrogens (tertiary/aromatic N) is 1. The predicted octanol–water partition coefficient (Wildman–Crippen LogP) is 2.20. The molecule has 0 bridgehead atoms. The van der Waals surface area contributed by atoms with Gasteiger partial charge in [0.05, 0.1) is 12.7 Å². The molecule has 0 aliphatic carbocycles. The second kappa shape index (κ2) is 6.65. The lowest BCUT2D eigenvalue weighted by Crippen LogP contribution is -2.26. The van der Waals surface area contributed by atoms with Crippen molar-refractivity contribution in [1.82, 2.24) is 10.3 Å². The third kappa shape index (κ3) is 3.32. The van der Waals surface area contributed by atoms with Crippen LogP contribution in [0.4, 0.5) is 4.39 Å². The number of halogens is 1. The van der Waals surface area contributed by atoms with Gasteiger partial charge in [0.15, 0.2) is 0 Å². The summed E-state index contributed by atoms with van der Waals surface area (Å²) < 4.78 is 18.5. The Bertz CT molecular complexity index is 602. The second-order valence-electron chi connectivity index (χ2n) is 4.16. The normalized spacial score (nSPS) is 10.1. The molecule has 104 valence electrons. The van der Waals surface area contributed by atoms with Gasteiger partial charge in [-0.2, -0.15) is 4.39 Å². The molecule has 1 aromatic carbocycles. The van der Waals surface area contributed by atoms with E-state index < -0.39 is 11.9 Å². The lowest BCUT2D eigenvalue weighted by atomic mass is 10.1. The summed E-state index contributed by atoms with van der Waals surface area (Å²) >= 11 is 0. The van der Waals surface area contributed by atoms with E-state index in [2.05, 4.69) is 10.3 Å². The Morgan fingerprint density at radius 3 is 2.85 bits per heavy atom. The number of methoxy groups -OCH3 is 1. The van der Waals surface area contributed by atoms with E-state index >= 15 is 0 Å². The maximum Gasteiger partial charge on any atom is 0.255 e. The standard InChI is InChI=1S/C15H15FN2O2/c1-20-13-7-3-2-5-11(13)8-10-18-15(19)12-6-4-9-17-14(12)16/h2-7,9H,8,10H2,1H3,(H,18,19). The van der Waals surface area contributed by atoms with Gasteiger partial charge < -0.3 is 10.1 Å². The third-order valence-corrected chi connectivity index (χ3v) is 2.88. The number of ether oxygens (including phenoxy) is 1. The zero-order valence-corrected chi connectivity index (χ0v) is 11.1. The Labute approximate surface area is 116 Å². The Morgan fingerprint density at radius 2 is 2.10 bits per heavy atom. The molecule has 0 saturated carbocycles. The van der Waals surface area contributed by atoms with Gasteiger partial charge in [0, 0.05) is 12.7 Å². The van der Waals surface area contributed by atoms with Gasteiger partial charge in [0.25, 0.3) is 5.91 Å². The van der Waals surface area contributed by atoms with E-state index in [1.54, 1.807) is 7.11 Å². The van der Waals surface area contributed by atoms with E-state index in [1.165, 1.54) is 18.3 Å². The van der Waals surface area contributed by atoms with Crippen molar-refractivity contribution in [3.63, 3.8) is 0 Å². The average Bonchev–Trinajstić information content (AvgIpc) is 2.48. The highest BCUT2D eigenvalue weighted by Crippen LogP contribution is 2.17. The molecule has 0 atom stereocenters. The molecule has 5 heteroatoms. The quantitative estimate of drug-likeness (QED) is 0.850. The number of amides is 1. The topological polar surface area (TPSA) is 51.2 Å². The fraction of sp³-hybridized carbons (Fsp3) is 0.200. The van der Waals surface area contributed by atoms with Crippen LogP contribution in [0, 0.1) is 5.95 Å². The largest absolute Gasteiger partial charge is 0.496 e. The first-order valence-corrected chi connectivity index (χ1v) is 6.23. The number of nitrogens with one attached hydrogen (secondary N) is 1. The second-order valence-corrected chi connectivity index (χ2v) is 4.16. The highest BCUT2D eigenvalue weighted by Gasteiger charge is 2.11. The van der Waals surface area contributed by atoms with Gasteiger partial charge in [-0.25, -0.2) is 4.98 Å². The van der Waals surface area contributed by atoms with Crippen molar-refractivity contribution in [2.45, 2.75) is 6.42 Å². The number of para-hydroxylation sites is 1. The Balaban J connectivity index is 1.93. The summed E-state index contributed by atoms with van der Waals surface area (Å²) in [6.07, 6.45) is 1.92. The summed E-state index contributed by atoms with van der Waals surface area (Å²) in [6, 6.07) is 10.5. The highest BCUT2D eigenvalue weighted by atomic mass is 19.1. The predicted molar refractivity (Wildman–Crippen MR) is 73.2 cm³/mol. The fourth-order valence-corrected chi connectivity index (χ4v) is 1.87. The summed E-state index contributed by atoms with van der Waals surface area (Å²) in [5.74, 6) is -0.456. The van der Waals surface area contributed by atoms with Crippen LogP contribution in [0.3, 0.4) is 0 Å². The Morgan fingerprint density at radius 1 is 1.30 bits per heavy atom. The molecule has 1 amide bonds. The van der Waals surface area contributed by atoms with Gasteiger partial charge >= 0.3 is 0 Å². The molecule has 2 aromatic rings. The molecule has 0 aliphatic rings. The number of hydrogen-bond donors (Lipinski definition) is 1. The minimum atomic E-state index is -0.762. The zero-order valence-electron chi connectivity index (χ0n) is 11.1. The Hall–Kier alpha value is -2.43. The van der Waals surface area contributed by atoms with Gasteiger partial charge in [-0.15, -0.1) is 0 Å². The van der Waals surface area contributed by atoms with E-state index in [0.29, 0.717) is 13.0 Å². The van der Waals surface area contributed by atoms with Crippen LogP contribution < -0.4 is 10.1 Å². The van der Waals surface area contributed by atoms with Crippen molar-refractivity contribution in [3.8, 4) is 5.75 Å². The molecule has 20 heavy (non-hydrogen) atoms. The lowest BCUT2D eigenvalue weighted by Gasteiger charge is -2.09. The van der Waals surface area contributed by atoms with Crippen LogP contribution in [0.25, 0.3) is 0 Å². The van der Waals surface area contributed by atoms with Crippen LogP contribution in [0.1, 0.15) is 15.9 Å². The number of carbonyl (C=O) groups excluding carboxylic acids is 1. The van der Waals surface area contributed by atoms with E-state index in [-0.39, 0.29) is 5.56 Å². The molecule has 0 saturated heterocycles. The zero-order chi connectivity index (χ0) is 14.4. The average molecular weight is 274 g/mol. The van der Waals surface area contributed by atoms with Crippen LogP contribution in [0.15, 0.2) is 42.6 Å². The molecule has 0 radical (unpaired) electrons. The van der Waals surface area contributed by atoms with Crippen molar-refractivity contribution in [1.29, 1.82) is 0 Å². The number of carbonyl (C=O) groups is 1. The highest BCUT2D eigenvalue weighted by molar-refractivity contribution is 5.94. The van der Waals surface area contributed by atoms with Crippen molar-refractivity contribution in [2.24, 2.45) is 0 Å². The summed E-state index contributed by atoms with van der Waals surface area (Å²) in [4.78, 5) is 15.2.